The summed E-state index contributed by atoms with van der Waals surface area (Å²) < 4.78 is 0. The Morgan fingerprint density at radius 1 is 1.00 bits per heavy atom. The maximum Gasteiger partial charge on any atom is 0.131 e. The van der Waals surface area contributed by atoms with E-state index in [0.717, 1.165) is 18.9 Å². The van der Waals surface area contributed by atoms with Gasteiger partial charge in [-0.3, -0.25) is 4.99 Å². The molecule has 1 aliphatic heterocycles. The van der Waals surface area contributed by atoms with Crippen LogP contribution in [0, 0.1) is 0 Å². The summed E-state index contributed by atoms with van der Waals surface area (Å²) in [5.74, 6) is 1.11. The summed E-state index contributed by atoms with van der Waals surface area (Å²) >= 11 is 1.80. The summed E-state index contributed by atoms with van der Waals surface area (Å²) in [6.45, 7) is 1.91. The molecule has 0 N–H and O–H groups in total. The lowest BCUT2D eigenvalue weighted by atomic mass is 10.2. The molecular weight excluding hydrogens is 252 g/mol. The first kappa shape index (κ1) is 12.3. The van der Waals surface area contributed by atoms with Crippen LogP contribution in [0.2, 0.25) is 0 Å². The van der Waals surface area contributed by atoms with Crippen LogP contribution in [0.25, 0.3) is 0 Å². The summed E-state index contributed by atoms with van der Waals surface area (Å²) in [6, 6.07) is 19.0. The zero-order valence-electron chi connectivity index (χ0n) is 10.9. The Morgan fingerprint density at radius 2 is 1.74 bits per heavy atom. The van der Waals surface area contributed by atoms with Gasteiger partial charge in [0.25, 0.3) is 0 Å². The fraction of sp³-hybridized carbons (Fsp3) is 0.188. The summed E-state index contributed by atoms with van der Waals surface area (Å²) in [4.78, 5) is 9.37. The Labute approximate surface area is 118 Å². The Hall–Kier alpha value is -1.74. The number of hydrogen-bond donors (Lipinski definition) is 0. The van der Waals surface area contributed by atoms with E-state index in [0.29, 0.717) is 0 Å². The SMILES string of the molecule is CN1CCN=C1c1ccccc1Sc1ccccc1. The molecule has 0 aliphatic carbocycles. The second-order valence-corrected chi connectivity index (χ2v) is 5.65. The molecule has 1 heterocycles. The fourth-order valence-corrected chi connectivity index (χ4v) is 3.14. The summed E-state index contributed by atoms with van der Waals surface area (Å²) in [6.07, 6.45) is 0. The minimum absolute atomic E-state index is 0.899. The molecule has 96 valence electrons. The molecule has 1 aliphatic rings. The molecule has 2 aromatic rings. The largest absolute Gasteiger partial charge is 0.358 e. The first-order valence-corrected chi connectivity index (χ1v) is 7.24. The predicted octanol–water partition coefficient (Wildman–Crippen LogP) is 3.53. The van der Waals surface area contributed by atoms with Crippen LogP contribution in [0.3, 0.4) is 0 Å². The average Bonchev–Trinajstić information content (AvgIpc) is 2.87. The first-order valence-electron chi connectivity index (χ1n) is 6.42. The number of rotatable bonds is 3. The van der Waals surface area contributed by atoms with Crippen molar-refractivity contribution in [2.45, 2.75) is 9.79 Å². The normalized spacial score (nSPS) is 14.6. The maximum absolute atomic E-state index is 4.62. The highest BCUT2D eigenvalue weighted by Crippen LogP contribution is 2.31. The molecule has 19 heavy (non-hydrogen) atoms. The van der Waals surface area contributed by atoms with E-state index in [4.69, 9.17) is 0 Å². The van der Waals surface area contributed by atoms with Crippen molar-refractivity contribution in [1.29, 1.82) is 0 Å². The van der Waals surface area contributed by atoms with Gasteiger partial charge in [-0.2, -0.15) is 0 Å². The molecule has 0 atom stereocenters. The topological polar surface area (TPSA) is 15.6 Å². The third kappa shape index (κ3) is 2.66. The van der Waals surface area contributed by atoms with Crippen molar-refractivity contribution in [3.63, 3.8) is 0 Å². The molecule has 0 fully saturated rings. The first-order chi connectivity index (χ1) is 9.34. The van der Waals surface area contributed by atoms with Crippen LogP contribution < -0.4 is 0 Å². The van der Waals surface area contributed by atoms with Gasteiger partial charge in [0.05, 0.1) is 6.54 Å². The molecule has 0 amide bonds. The van der Waals surface area contributed by atoms with Crippen molar-refractivity contribution in [3.8, 4) is 0 Å². The lowest BCUT2D eigenvalue weighted by molar-refractivity contribution is 0.556. The van der Waals surface area contributed by atoms with Crippen LogP contribution >= 0.6 is 11.8 Å². The van der Waals surface area contributed by atoms with E-state index in [1.807, 2.05) is 6.07 Å². The molecule has 0 saturated carbocycles. The van der Waals surface area contributed by atoms with Crippen LogP contribution in [0.1, 0.15) is 5.56 Å². The van der Waals surface area contributed by atoms with E-state index in [1.165, 1.54) is 15.4 Å². The second-order valence-electron chi connectivity index (χ2n) is 4.54. The number of nitrogens with zero attached hydrogens (tertiary/aromatic N) is 2. The molecule has 0 radical (unpaired) electrons. The molecule has 0 saturated heterocycles. The highest BCUT2D eigenvalue weighted by Gasteiger charge is 2.17. The molecular formula is C16H16N2S. The number of amidine groups is 1. The van der Waals surface area contributed by atoms with Gasteiger partial charge in [0.1, 0.15) is 5.84 Å². The van der Waals surface area contributed by atoms with E-state index in [9.17, 15) is 0 Å². The third-order valence-electron chi connectivity index (χ3n) is 3.16. The van der Waals surface area contributed by atoms with Gasteiger partial charge in [-0.25, -0.2) is 0 Å². The van der Waals surface area contributed by atoms with Gasteiger partial charge in [-0.05, 0) is 18.2 Å². The lowest BCUT2D eigenvalue weighted by Gasteiger charge is -2.16. The molecule has 0 aromatic heterocycles. The van der Waals surface area contributed by atoms with Crippen molar-refractivity contribution in [3.05, 3.63) is 60.2 Å². The van der Waals surface area contributed by atoms with Gasteiger partial charge in [-0.1, -0.05) is 48.2 Å². The zero-order valence-corrected chi connectivity index (χ0v) is 11.7. The molecule has 0 bridgehead atoms. The van der Waals surface area contributed by atoms with Gasteiger partial charge in [0, 0.05) is 28.9 Å². The van der Waals surface area contributed by atoms with Crippen molar-refractivity contribution in [2.75, 3.05) is 20.1 Å². The highest BCUT2D eigenvalue weighted by molar-refractivity contribution is 7.99. The second kappa shape index (κ2) is 5.49. The molecule has 0 spiro atoms. The predicted molar refractivity (Wildman–Crippen MR) is 81.0 cm³/mol. The molecule has 2 aromatic carbocycles. The van der Waals surface area contributed by atoms with Gasteiger partial charge < -0.3 is 4.90 Å². The van der Waals surface area contributed by atoms with Crippen molar-refractivity contribution < 1.29 is 0 Å². The Kier molecular flexibility index (Phi) is 3.56. The van der Waals surface area contributed by atoms with Crippen molar-refractivity contribution >= 4 is 17.6 Å². The summed E-state index contributed by atoms with van der Waals surface area (Å²) in [5, 5.41) is 0. The number of hydrogen-bond acceptors (Lipinski definition) is 3. The minimum Gasteiger partial charge on any atom is -0.358 e. The lowest BCUT2D eigenvalue weighted by Crippen LogP contribution is -2.23. The van der Waals surface area contributed by atoms with E-state index in [2.05, 4.69) is 65.5 Å². The monoisotopic (exact) mass is 268 g/mol. The van der Waals surface area contributed by atoms with Gasteiger partial charge in [0.2, 0.25) is 0 Å². The van der Waals surface area contributed by atoms with Crippen LogP contribution in [0.4, 0.5) is 0 Å². The summed E-state index contributed by atoms with van der Waals surface area (Å²) in [7, 11) is 2.11. The highest BCUT2D eigenvalue weighted by atomic mass is 32.2. The number of likely N-dealkylation sites (N-methyl/N-ethyl adjacent to an activating group) is 1. The fourth-order valence-electron chi connectivity index (χ4n) is 2.18. The minimum atomic E-state index is 0.899. The van der Waals surface area contributed by atoms with E-state index in [-0.39, 0.29) is 0 Å². The standard InChI is InChI=1S/C16H16N2S/c1-18-12-11-17-16(18)14-9-5-6-10-15(14)19-13-7-3-2-4-8-13/h2-10H,11-12H2,1H3. The number of benzene rings is 2. The molecule has 3 heteroatoms. The average molecular weight is 268 g/mol. The molecule has 3 rings (SSSR count). The van der Waals surface area contributed by atoms with E-state index < -0.39 is 0 Å². The van der Waals surface area contributed by atoms with E-state index >= 15 is 0 Å². The van der Waals surface area contributed by atoms with Gasteiger partial charge in [-0.15, -0.1) is 0 Å². The quantitative estimate of drug-likeness (QED) is 0.846. The van der Waals surface area contributed by atoms with E-state index in [1.54, 1.807) is 11.8 Å². The van der Waals surface area contributed by atoms with Crippen LogP contribution in [-0.2, 0) is 0 Å². The molecule has 0 unspecified atom stereocenters. The molecule has 2 nitrogen and oxygen atoms in total. The Balaban J connectivity index is 1.94. The Bertz CT molecular complexity index is 593. The number of aliphatic imine (C=N–C) groups is 1. The van der Waals surface area contributed by atoms with Crippen molar-refractivity contribution in [1.82, 2.24) is 4.90 Å². The van der Waals surface area contributed by atoms with Crippen molar-refractivity contribution in [2.24, 2.45) is 4.99 Å². The smallest absolute Gasteiger partial charge is 0.131 e. The maximum atomic E-state index is 4.62. The van der Waals surface area contributed by atoms with Gasteiger partial charge in [0.15, 0.2) is 0 Å². The van der Waals surface area contributed by atoms with Crippen LogP contribution in [0.5, 0.6) is 0 Å². The van der Waals surface area contributed by atoms with Crippen LogP contribution in [-0.4, -0.2) is 30.9 Å². The summed E-state index contributed by atoms with van der Waals surface area (Å²) in [5.41, 5.74) is 1.23. The zero-order chi connectivity index (χ0) is 13.1. The van der Waals surface area contributed by atoms with Crippen LogP contribution in [0.15, 0.2) is 69.4 Å². The third-order valence-corrected chi connectivity index (χ3v) is 4.24. The Morgan fingerprint density at radius 3 is 2.47 bits per heavy atom. The van der Waals surface area contributed by atoms with Gasteiger partial charge >= 0.3 is 0 Å².